The van der Waals surface area contributed by atoms with E-state index in [0.717, 1.165) is 5.56 Å². The van der Waals surface area contributed by atoms with E-state index >= 15 is 0 Å². The molecule has 1 aromatic rings. The Morgan fingerprint density at radius 1 is 1.29 bits per heavy atom. The minimum Gasteiger partial charge on any atom is -0.504 e. The van der Waals surface area contributed by atoms with Gasteiger partial charge in [-0.3, -0.25) is 0 Å². The van der Waals surface area contributed by atoms with Gasteiger partial charge in [0.2, 0.25) is 0 Å². The Labute approximate surface area is 82.2 Å². The van der Waals surface area contributed by atoms with Crippen LogP contribution in [-0.4, -0.2) is 16.8 Å². The number of rotatable bonds is 3. The van der Waals surface area contributed by atoms with Gasteiger partial charge in [0, 0.05) is 5.41 Å². The number of hydrogen-bond acceptors (Lipinski definition) is 4. The molecule has 4 nitrogen and oxygen atoms in total. The van der Waals surface area contributed by atoms with E-state index in [9.17, 15) is 10.0 Å². The van der Waals surface area contributed by atoms with Gasteiger partial charge in [-0.05, 0) is 17.7 Å². The van der Waals surface area contributed by atoms with Gasteiger partial charge in [-0.2, -0.15) is 4.91 Å². The van der Waals surface area contributed by atoms with Crippen LogP contribution in [0.2, 0.25) is 0 Å². The zero-order valence-electron chi connectivity index (χ0n) is 8.19. The Morgan fingerprint density at radius 2 is 1.93 bits per heavy atom. The fourth-order valence-electron chi connectivity index (χ4n) is 1.20. The van der Waals surface area contributed by atoms with Crippen molar-refractivity contribution in [3.8, 4) is 11.5 Å². The van der Waals surface area contributed by atoms with Gasteiger partial charge in [0.1, 0.15) is 0 Å². The van der Waals surface area contributed by atoms with Crippen LogP contribution in [0.4, 0.5) is 0 Å². The summed E-state index contributed by atoms with van der Waals surface area (Å²) in [6.45, 7) is 3.83. The van der Waals surface area contributed by atoms with Gasteiger partial charge in [0.25, 0.3) is 0 Å². The molecular formula is C10H13NO3. The Bertz CT molecular complexity index is 347. The highest BCUT2D eigenvalue weighted by molar-refractivity contribution is 5.42. The minimum atomic E-state index is -0.424. The highest BCUT2D eigenvalue weighted by Gasteiger charge is 2.21. The quantitative estimate of drug-likeness (QED) is 0.573. The fourth-order valence-corrected chi connectivity index (χ4v) is 1.20. The van der Waals surface area contributed by atoms with Crippen LogP contribution in [-0.2, 0) is 5.41 Å². The lowest BCUT2D eigenvalue weighted by atomic mass is 9.85. The summed E-state index contributed by atoms with van der Waals surface area (Å²) in [5.41, 5.74) is 0.347. The lowest BCUT2D eigenvalue weighted by Crippen LogP contribution is -2.20. The molecule has 0 aliphatic carbocycles. The second kappa shape index (κ2) is 3.65. The van der Waals surface area contributed by atoms with E-state index in [0.29, 0.717) is 0 Å². The molecule has 0 aliphatic rings. The summed E-state index contributed by atoms with van der Waals surface area (Å²) in [7, 11) is 0. The molecule has 1 rings (SSSR count). The van der Waals surface area contributed by atoms with E-state index in [-0.39, 0.29) is 18.0 Å². The Balaban J connectivity index is 3.07. The number of hydrogen-bond donors (Lipinski definition) is 2. The highest BCUT2D eigenvalue weighted by Crippen LogP contribution is 2.31. The molecular weight excluding hydrogens is 182 g/mol. The number of nitrogens with zero attached hydrogens (tertiary/aromatic N) is 1. The number of aromatic hydroxyl groups is 2. The molecule has 0 atom stereocenters. The van der Waals surface area contributed by atoms with Crippen LogP contribution in [0.15, 0.2) is 23.4 Å². The van der Waals surface area contributed by atoms with Gasteiger partial charge in [-0.25, -0.2) is 0 Å². The largest absolute Gasteiger partial charge is 0.504 e. The molecule has 0 fully saturated rings. The van der Waals surface area contributed by atoms with Gasteiger partial charge in [0.15, 0.2) is 11.5 Å². The molecule has 14 heavy (non-hydrogen) atoms. The van der Waals surface area contributed by atoms with Crippen LogP contribution < -0.4 is 0 Å². The normalized spacial score (nSPS) is 11.3. The molecule has 0 aliphatic heterocycles. The van der Waals surface area contributed by atoms with Crippen molar-refractivity contribution in [2.24, 2.45) is 5.18 Å². The zero-order valence-corrected chi connectivity index (χ0v) is 8.19. The summed E-state index contributed by atoms with van der Waals surface area (Å²) in [4.78, 5) is 10.2. The number of phenolic OH excluding ortho intramolecular Hbond substituents is 2. The number of nitroso groups, excluding NO2 is 1. The summed E-state index contributed by atoms with van der Waals surface area (Å²) < 4.78 is 0. The lowest BCUT2D eigenvalue weighted by molar-refractivity contribution is 0.401. The fraction of sp³-hybridized carbons (Fsp3) is 0.400. The molecule has 1 aromatic carbocycles. The van der Waals surface area contributed by atoms with Crippen LogP contribution in [0, 0.1) is 4.91 Å². The smallest absolute Gasteiger partial charge is 0.157 e. The van der Waals surface area contributed by atoms with E-state index in [2.05, 4.69) is 5.18 Å². The lowest BCUT2D eigenvalue weighted by Gasteiger charge is -2.21. The molecule has 0 amide bonds. The average Bonchev–Trinajstić information content (AvgIpc) is 2.09. The average molecular weight is 195 g/mol. The van der Waals surface area contributed by atoms with Crippen molar-refractivity contribution in [1.82, 2.24) is 0 Å². The first-order chi connectivity index (χ1) is 6.47. The molecule has 2 N–H and O–H groups in total. The summed E-state index contributed by atoms with van der Waals surface area (Å²) in [6.07, 6.45) is 0. The predicted molar refractivity (Wildman–Crippen MR) is 53.5 cm³/mol. The van der Waals surface area contributed by atoms with E-state index in [4.69, 9.17) is 5.11 Å². The summed E-state index contributed by atoms with van der Waals surface area (Å²) in [5, 5.41) is 21.2. The first-order valence-corrected chi connectivity index (χ1v) is 4.29. The molecule has 0 heterocycles. The topological polar surface area (TPSA) is 69.9 Å². The molecule has 0 saturated carbocycles. The maximum absolute atomic E-state index is 10.2. The van der Waals surface area contributed by atoms with Crippen LogP contribution >= 0.6 is 0 Å². The summed E-state index contributed by atoms with van der Waals surface area (Å²) in [5.74, 6) is -0.343. The number of benzene rings is 1. The Morgan fingerprint density at radius 3 is 2.43 bits per heavy atom. The molecule has 0 saturated heterocycles. The first kappa shape index (κ1) is 10.5. The van der Waals surface area contributed by atoms with E-state index in [1.807, 2.05) is 13.8 Å². The standard InChI is InChI=1S/C10H13NO3/c1-10(2,6-11-14)7-3-4-8(12)9(13)5-7/h3-5,12-13H,6H2,1-2H3. The third-order valence-electron chi connectivity index (χ3n) is 2.22. The Hall–Kier alpha value is -1.58. The highest BCUT2D eigenvalue weighted by atomic mass is 16.3. The van der Waals surface area contributed by atoms with Gasteiger partial charge >= 0.3 is 0 Å². The van der Waals surface area contributed by atoms with E-state index in [1.165, 1.54) is 12.1 Å². The van der Waals surface area contributed by atoms with Crippen molar-refractivity contribution in [2.45, 2.75) is 19.3 Å². The molecule has 76 valence electrons. The Kier molecular flexibility index (Phi) is 2.74. The first-order valence-electron chi connectivity index (χ1n) is 4.29. The minimum absolute atomic E-state index is 0.136. The van der Waals surface area contributed by atoms with Gasteiger partial charge in [-0.1, -0.05) is 25.1 Å². The third kappa shape index (κ3) is 2.02. The van der Waals surface area contributed by atoms with Crippen LogP contribution in [0.3, 0.4) is 0 Å². The van der Waals surface area contributed by atoms with Crippen molar-refractivity contribution in [3.63, 3.8) is 0 Å². The van der Waals surface area contributed by atoms with Crippen molar-refractivity contribution < 1.29 is 10.2 Å². The van der Waals surface area contributed by atoms with Crippen molar-refractivity contribution in [2.75, 3.05) is 6.54 Å². The molecule has 0 spiro atoms. The SMILES string of the molecule is CC(C)(CN=O)c1ccc(O)c(O)c1. The maximum atomic E-state index is 10.2. The molecule has 4 heteroatoms. The van der Waals surface area contributed by atoms with Crippen molar-refractivity contribution >= 4 is 0 Å². The number of phenols is 2. The third-order valence-corrected chi connectivity index (χ3v) is 2.22. The second-order valence-electron chi connectivity index (χ2n) is 3.87. The van der Waals surface area contributed by atoms with Gasteiger partial charge < -0.3 is 10.2 Å². The van der Waals surface area contributed by atoms with Crippen LogP contribution in [0.5, 0.6) is 11.5 Å². The summed E-state index contributed by atoms with van der Waals surface area (Å²) >= 11 is 0. The van der Waals surface area contributed by atoms with E-state index in [1.54, 1.807) is 6.07 Å². The van der Waals surface area contributed by atoms with E-state index < -0.39 is 5.41 Å². The monoisotopic (exact) mass is 195 g/mol. The van der Waals surface area contributed by atoms with Crippen LogP contribution in [0.25, 0.3) is 0 Å². The van der Waals surface area contributed by atoms with Crippen molar-refractivity contribution in [3.05, 3.63) is 28.7 Å². The second-order valence-corrected chi connectivity index (χ2v) is 3.87. The van der Waals surface area contributed by atoms with Gasteiger partial charge in [-0.15, -0.1) is 0 Å². The zero-order chi connectivity index (χ0) is 10.8. The molecule has 0 aromatic heterocycles. The van der Waals surface area contributed by atoms with Gasteiger partial charge in [0.05, 0.1) is 6.54 Å². The van der Waals surface area contributed by atoms with Crippen molar-refractivity contribution in [1.29, 1.82) is 0 Å². The molecule has 0 radical (unpaired) electrons. The molecule has 0 bridgehead atoms. The predicted octanol–water partition coefficient (Wildman–Crippen LogP) is 2.14. The molecule has 0 unspecified atom stereocenters. The summed E-state index contributed by atoms with van der Waals surface area (Å²) in [6, 6.07) is 4.51. The maximum Gasteiger partial charge on any atom is 0.157 e. The van der Waals surface area contributed by atoms with Crippen LogP contribution in [0.1, 0.15) is 19.4 Å².